The van der Waals surface area contributed by atoms with E-state index < -0.39 is 12.1 Å². The lowest BCUT2D eigenvalue weighted by atomic mass is 10.0. The average molecular weight is 290 g/mol. The van der Waals surface area contributed by atoms with E-state index in [1.54, 1.807) is 33.3 Å². The second-order valence-corrected chi connectivity index (χ2v) is 4.35. The standard InChI is InChI=1S/C11H16BrNO3/c1-6(14)11(13)7-4-10(16-3)8(12)5-9(7)15-2/h4-6,11,14H,13H2,1-3H3/t6-,11-/m1/s1. The van der Waals surface area contributed by atoms with E-state index in [-0.39, 0.29) is 0 Å². The van der Waals surface area contributed by atoms with Gasteiger partial charge < -0.3 is 20.3 Å². The van der Waals surface area contributed by atoms with Crippen LogP contribution in [0.1, 0.15) is 18.5 Å². The summed E-state index contributed by atoms with van der Waals surface area (Å²) in [6.45, 7) is 1.64. The van der Waals surface area contributed by atoms with Crippen molar-refractivity contribution in [3.63, 3.8) is 0 Å². The molecule has 0 aromatic heterocycles. The Hall–Kier alpha value is -0.780. The number of benzene rings is 1. The van der Waals surface area contributed by atoms with Gasteiger partial charge in [0.25, 0.3) is 0 Å². The van der Waals surface area contributed by atoms with Crippen molar-refractivity contribution in [3.05, 3.63) is 22.2 Å². The van der Waals surface area contributed by atoms with Crippen molar-refractivity contribution in [2.45, 2.75) is 19.1 Å². The Morgan fingerprint density at radius 2 is 1.81 bits per heavy atom. The van der Waals surface area contributed by atoms with Crippen molar-refractivity contribution < 1.29 is 14.6 Å². The minimum Gasteiger partial charge on any atom is -0.496 e. The first-order valence-corrected chi connectivity index (χ1v) is 5.65. The Bertz CT molecular complexity index is 368. The van der Waals surface area contributed by atoms with E-state index in [0.717, 1.165) is 10.0 Å². The Balaban J connectivity index is 3.24. The Morgan fingerprint density at radius 1 is 1.25 bits per heavy atom. The third-order valence-electron chi connectivity index (χ3n) is 2.38. The summed E-state index contributed by atoms with van der Waals surface area (Å²) in [7, 11) is 3.14. The number of rotatable bonds is 4. The number of aliphatic hydroxyl groups is 1. The second-order valence-electron chi connectivity index (χ2n) is 3.50. The molecule has 5 heteroatoms. The number of methoxy groups -OCH3 is 2. The Labute approximate surface area is 103 Å². The van der Waals surface area contributed by atoms with Crippen LogP contribution in [0.25, 0.3) is 0 Å². The molecule has 4 nitrogen and oxygen atoms in total. The zero-order chi connectivity index (χ0) is 12.3. The molecule has 1 aromatic rings. The second kappa shape index (κ2) is 5.52. The fourth-order valence-electron chi connectivity index (χ4n) is 1.40. The van der Waals surface area contributed by atoms with Gasteiger partial charge in [-0.3, -0.25) is 0 Å². The third-order valence-corrected chi connectivity index (χ3v) is 3.00. The molecule has 16 heavy (non-hydrogen) atoms. The highest BCUT2D eigenvalue weighted by Gasteiger charge is 2.19. The normalized spacial score (nSPS) is 14.4. The topological polar surface area (TPSA) is 64.7 Å². The van der Waals surface area contributed by atoms with Crippen LogP contribution >= 0.6 is 15.9 Å². The lowest BCUT2D eigenvalue weighted by Gasteiger charge is -2.19. The minimum absolute atomic E-state index is 0.503. The van der Waals surface area contributed by atoms with Gasteiger partial charge >= 0.3 is 0 Å². The van der Waals surface area contributed by atoms with Gasteiger partial charge in [-0.2, -0.15) is 0 Å². The third kappa shape index (κ3) is 2.66. The molecule has 90 valence electrons. The SMILES string of the molecule is COc1cc([C@H](N)[C@@H](C)O)c(OC)cc1Br. The zero-order valence-electron chi connectivity index (χ0n) is 9.53. The fourth-order valence-corrected chi connectivity index (χ4v) is 1.89. The van der Waals surface area contributed by atoms with Gasteiger partial charge in [0.1, 0.15) is 11.5 Å². The Morgan fingerprint density at radius 3 is 2.25 bits per heavy atom. The maximum Gasteiger partial charge on any atom is 0.133 e. The largest absolute Gasteiger partial charge is 0.496 e. The summed E-state index contributed by atoms with van der Waals surface area (Å²) in [5.74, 6) is 1.29. The lowest BCUT2D eigenvalue weighted by molar-refractivity contribution is 0.162. The van der Waals surface area contributed by atoms with Gasteiger partial charge in [0.15, 0.2) is 0 Å². The first-order chi connectivity index (χ1) is 7.51. The van der Waals surface area contributed by atoms with Crippen LogP contribution in [0.3, 0.4) is 0 Å². The first-order valence-electron chi connectivity index (χ1n) is 4.86. The molecule has 0 spiro atoms. The van der Waals surface area contributed by atoms with E-state index in [0.29, 0.717) is 11.5 Å². The van der Waals surface area contributed by atoms with Crippen molar-refractivity contribution in [1.29, 1.82) is 0 Å². The molecule has 0 bridgehead atoms. The number of nitrogens with two attached hydrogens (primary N) is 1. The quantitative estimate of drug-likeness (QED) is 0.888. The van der Waals surface area contributed by atoms with Crippen LogP contribution in [-0.4, -0.2) is 25.4 Å². The van der Waals surface area contributed by atoms with Gasteiger partial charge in [0, 0.05) is 5.56 Å². The highest BCUT2D eigenvalue weighted by molar-refractivity contribution is 9.10. The Kier molecular flexibility index (Phi) is 4.58. The molecular formula is C11H16BrNO3. The van der Waals surface area contributed by atoms with Crippen molar-refractivity contribution >= 4 is 15.9 Å². The van der Waals surface area contributed by atoms with Crippen LogP contribution in [0.4, 0.5) is 0 Å². The summed E-state index contributed by atoms with van der Waals surface area (Å²) < 4.78 is 11.2. The average Bonchev–Trinajstić information content (AvgIpc) is 2.27. The monoisotopic (exact) mass is 289 g/mol. The molecule has 0 amide bonds. The molecule has 3 N–H and O–H groups in total. The molecule has 0 heterocycles. The van der Waals surface area contributed by atoms with Crippen molar-refractivity contribution in [2.24, 2.45) is 5.73 Å². The van der Waals surface area contributed by atoms with Crippen LogP contribution in [0.5, 0.6) is 11.5 Å². The maximum atomic E-state index is 9.49. The van der Waals surface area contributed by atoms with Gasteiger partial charge in [-0.15, -0.1) is 0 Å². The summed E-state index contributed by atoms with van der Waals surface area (Å²) in [5, 5.41) is 9.49. The summed E-state index contributed by atoms with van der Waals surface area (Å²) in [6, 6.07) is 3.04. The number of ether oxygens (including phenoxy) is 2. The molecule has 0 saturated heterocycles. The summed E-state index contributed by atoms with van der Waals surface area (Å²) in [5.41, 5.74) is 6.61. The van der Waals surface area contributed by atoms with Gasteiger partial charge in [-0.25, -0.2) is 0 Å². The fraction of sp³-hybridized carbons (Fsp3) is 0.455. The first kappa shape index (κ1) is 13.3. The maximum absolute atomic E-state index is 9.49. The van der Waals surface area contributed by atoms with Crippen molar-refractivity contribution in [1.82, 2.24) is 0 Å². The van der Waals surface area contributed by atoms with E-state index in [1.807, 2.05) is 0 Å². The zero-order valence-corrected chi connectivity index (χ0v) is 11.1. The predicted octanol–water partition coefficient (Wildman–Crippen LogP) is 1.85. The highest BCUT2D eigenvalue weighted by Crippen LogP contribution is 2.35. The molecular weight excluding hydrogens is 274 g/mol. The van der Waals surface area contributed by atoms with Gasteiger partial charge in [0.2, 0.25) is 0 Å². The number of hydrogen-bond acceptors (Lipinski definition) is 4. The molecule has 0 aliphatic carbocycles. The molecule has 0 aliphatic rings. The lowest BCUT2D eigenvalue weighted by Crippen LogP contribution is -2.23. The molecule has 0 aliphatic heterocycles. The van der Waals surface area contributed by atoms with Crippen LogP contribution in [0.2, 0.25) is 0 Å². The van der Waals surface area contributed by atoms with Crippen molar-refractivity contribution in [2.75, 3.05) is 14.2 Å². The molecule has 0 radical (unpaired) electrons. The summed E-state index contributed by atoms with van der Waals surface area (Å²) in [4.78, 5) is 0. The van der Waals surface area contributed by atoms with E-state index in [2.05, 4.69) is 15.9 Å². The van der Waals surface area contributed by atoms with Crippen LogP contribution in [-0.2, 0) is 0 Å². The molecule has 0 fully saturated rings. The molecule has 1 aromatic carbocycles. The molecule has 1 rings (SSSR count). The summed E-state index contributed by atoms with van der Waals surface area (Å²) in [6.07, 6.45) is -0.653. The molecule has 0 saturated carbocycles. The van der Waals surface area contributed by atoms with Crippen LogP contribution in [0.15, 0.2) is 16.6 Å². The predicted molar refractivity (Wildman–Crippen MR) is 65.9 cm³/mol. The summed E-state index contributed by atoms with van der Waals surface area (Å²) >= 11 is 3.36. The van der Waals surface area contributed by atoms with Crippen molar-refractivity contribution in [3.8, 4) is 11.5 Å². The van der Waals surface area contributed by atoms with E-state index in [4.69, 9.17) is 15.2 Å². The van der Waals surface area contributed by atoms with E-state index in [1.165, 1.54) is 0 Å². The molecule has 2 atom stereocenters. The molecule has 0 unspecified atom stereocenters. The van der Waals surface area contributed by atoms with Gasteiger partial charge in [0.05, 0.1) is 30.8 Å². The van der Waals surface area contributed by atoms with Crippen LogP contribution < -0.4 is 15.2 Å². The van der Waals surface area contributed by atoms with Crippen LogP contribution in [0, 0.1) is 0 Å². The minimum atomic E-state index is -0.653. The smallest absolute Gasteiger partial charge is 0.133 e. The van der Waals surface area contributed by atoms with E-state index in [9.17, 15) is 5.11 Å². The highest BCUT2D eigenvalue weighted by atomic mass is 79.9. The van der Waals surface area contributed by atoms with E-state index >= 15 is 0 Å². The van der Waals surface area contributed by atoms with Gasteiger partial charge in [-0.1, -0.05) is 0 Å². The number of aliphatic hydroxyl groups excluding tert-OH is 1. The number of hydrogen-bond donors (Lipinski definition) is 2. The number of halogens is 1. The van der Waals surface area contributed by atoms with Gasteiger partial charge in [-0.05, 0) is 35.0 Å².